The van der Waals surface area contributed by atoms with Gasteiger partial charge in [-0.1, -0.05) is 38.1 Å². The number of carbonyl (C=O) groups is 2. The predicted octanol–water partition coefficient (Wildman–Crippen LogP) is 3.46. The summed E-state index contributed by atoms with van der Waals surface area (Å²) in [6.45, 7) is 3.70. The molecule has 0 saturated heterocycles. The molecule has 0 atom stereocenters. The number of nitrogens with one attached hydrogen (secondary N) is 1. The predicted molar refractivity (Wildman–Crippen MR) is 111 cm³/mol. The van der Waals surface area contributed by atoms with E-state index in [4.69, 9.17) is 0 Å². The van der Waals surface area contributed by atoms with Gasteiger partial charge in [0.1, 0.15) is 17.2 Å². The van der Waals surface area contributed by atoms with Crippen LogP contribution in [0.1, 0.15) is 29.8 Å². The molecular formula is C22H21N5O2. The van der Waals surface area contributed by atoms with Crippen LogP contribution in [0.15, 0.2) is 42.2 Å². The van der Waals surface area contributed by atoms with Gasteiger partial charge in [-0.2, -0.15) is 5.26 Å². The Balaban J connectivity index is 1.95. The van der Waals surface area contributed by atoms with Crippen LogP contribution in [0.5, 0.6) is 0 Å². The number of hydrogen-bond acceptors (Lipinski definition) is 5. The minimum atomic E-state index is -0.345. The van der Waals surface area contributed by atoms with Crippen LogP contribution in [0, 0.1) is 17.2 Å². The number of aromatic amines is 1. The number of Topliss-reactive ketones (excluding diaryl/α,β-unsaturated/α-hetero) is 1. The summed E-state index contributed by atoms with van der Waals surface area (Å²) in [7, 11) is 3.20. The van der Waals surface area contributed by atoms with E-state index < -0.39 is 0 Å². The van der Waals surface area contributed by atoms with Gasteiger partial charge in [0, 0.05) is 31.8 Å². The summed E-state index contributed by atoms with van der Waals surface area (Å²) in [6.07, 6.45) is 4.84. The number of hydrogen-bond donors (Lipinski definition) is 1. The van der Waals surface area contributed by atoms with Gasteiger partial charge in [-0.05, 0) is 11.6 Å². The van der Waals surface area contributed by atoms with Crippen molar-refractivity contribution in [1.29, 1.82) is 5.26 Å². The third kappa shape index (κ3) is 4.06. The Morgan fingerprint density at radius 1 is 1.21 bits per heavy atom. The van der Waals surface area contributed by atoms with Crippen molar-refractivity contribution in [2.24, 2.45) is 5.92 Å². The highest BCUT2D eigenvalue weighted by molar-refractivity contribution is 6.06. The van der Waals surface area contributed by atoms with E-state index in [-0.39, 0.29) is 23.2 Å². The Kier molecular flexibility index (Phi) is 5.55. The lowest BCUT2D eigenvalue weighted by atomic mass is 10.0. The molecule has 0 aliphatic carbocycles. The van der Waals surface area contributed by atoms with Crippen molar-refractivity contribution >= 4 is 28.9 Å². The average molecular weight is 387 g/mol. The minimum absolute atomic E-state index is 0.0118. The van der Waals surface area contributed by atoms with E-state index in [2.05, 4.69) is 15.0 Å². The summed E-state index contributed by atoms with van der Waals surface area (Å²) >= 11 is 0. The molecule has 0 fully saturated rings. The Labute approximate surface area is 168 Å². The molecule has 2 aromatic heterocycles. The molecule has 146 valence electrons. The standard InChI is InChI=1S/C22H21N5O2/c1-13(2)20(28)17-11-24-21-19(17)26-18(12-25-21)15-7-5-14(6-8-15)9-16(10-23)22(29)27(3)4/h5-9,11-13H,1-4H3,(H,24,25)/b16-9+. The molecule has 0 aliphatic heterocycles. The van der Waals surface area contributed by atoms with Crippen molar-refractivity contribution in [2.75, 3.05) is 14.1 Å². The first kappa shape index (κ1) is 20.0. The smallest absolute Gasteiger partial charge is 0.264 e. The molecule has 7 heteroatoms. The number of amides is 1. The van der Waals surface area contributed by atoms with Crippen molar-refractivity contribution in [1.82, 2.24) is 19.9 Å². The first-order chi connectivity index (χ1) is 13.8. The van der Waals surface area contributed by atoms with E-state index in [1.165, 1.54) is 4.90 Å². The molecule has 0 aliphatic rings. The Hall–Kier alpha value is -3.79. The van der Waals surface area contributed by atoms with Gasteiger partial charge in [-0.25, -0.2) is 9.97 Å². The molecule has 2 heterocycles. The van der Waals surface area contributed by atoms with Gasteiger partial charge in [0.15, 0.2) is 11.4 Å². The molecule has 7 nitrogen and oxygen atoms in total. The fourth-order valence-electron chi connectivity index (χ4n) is 2.83. The highest BCUT2D eigenvalue weighted by atomic mass is 16.2. The Morgan fingerprint density at radius 2 is 1.90 bits per heavy atom. The van der Waals surface area contributed by atoms with Gasteiger partial charge in [-0.3, -0.25) is 9.59 Å². The maximum atomic E-state index is 12.4. The van der Waals surface area contributed by atoms with Crippen LogP contribution in [0.25, 0.3) is 28.5 Å². The molecule has 3 aromatic rings. The van der Waals surface area contributed by atoms with Gasteiger partial charge >= 0.3 is 0 Å². The number of likely N-dealkylation sites (N-methyl/N-ethyl adjacent to an activating group) is 1. The van der Waals surface area contributed by atoms with Crippen molar-refractivity contribution in [3.8, 4) is 17.3 Å². The summed E-state index contributed by atoms with van der Waals surface area (Å²) < 4.78 is 0. The molecule has 0 saturated carbocycles. The number of nitrogens with zero attached hydrogens (tertiary/aromatic N) is 4. The molecule has 29 heavy (non-hydrogen) atoms. The number of rotatable bonds is 5. The second-order valence-corrected chi connectivity index (χ2v) is 7.17. The lowest BCUT2D eigenvalue weighted by Gasteiger charge is -2.08. The molecule has 3 rings (SSSR count). The number of carbonyl (C=O) groups excluding carboxylic acids is 2. The number of nitriles is 1. The third-order valence-electron chi connectivity index (χ3n) is 4.45. The zero-order valence-electron chi connectivity index (χ0n) is 16.7. The molecular weight excluding hydrogens is 366 g/mol. The van der Waals surface area contributed by atoms with Gasteiger partial charge in [-0.15, -0.1) is 0 Å². The minimum Gasteiger partial charge on any atom is -0.344 e. The van der Waals surface area contributed by atoms with E-state index in [0.717, 1.165) is 11.1 Å². The van der Waals surface area contributed by atoms with Crippen molar-refractivity contribution in [3.63, 3.8) is 0 Å². The van der Waals surface area contributed by atoms with Crippen LogP contribution in [0.4, 0.5) is 0 Å². The second kappa shape index (κ2) is 8.07. The largest absolute Gasteiger partial charge is 0.344 e. The van der Waals surface area contributed by atoms with Crippen LogP contribution in [-0.2, 0) is 4.79 Å². The number of aromatic nitrogens is 3. The third-order valence-corrected chi connectivity index (χ3v) is 4.45. The molecule has 1 N–H and O–H groups in total. The second-order valence-electron chi connectivity index (χ2n) is 7.17. The number of benzene rings is 1. The van der Waals surface area contributed by atoms with Crippen molar-refractivity contribution < 1.29 is 9.59 Å². The van der Waals surface area contributed by atoms with E-state index in [0.29, 0.717) is 22.4 Å². The maximum Gasteiger partial charge on any atom is 0.264 e. The van der Waals surface area contributed by atoms with Crippen molar-refractivity contribution in [3.05, 3.63) is 53.4 Å². The normalized spacial score (nSPS) is 11.5. The van der Waals surface area contributed by atoms with Crippen LogP contribution >= 0.6 is 0 Å². The fourth-order valence-corrected chi connectivity index (χ4v) is 2.83. The molecule has 1 amide bonds. The lowest BCUT2D eigenvalue weighted by Crippen LogP contribution is -2.22. The highest BCUT2D eigenvalue weighted by Crippen LogP contribution is 2.23. The fraction of sp³-hybridized carbons (Fsp3) is 0.227. The van der Waals surface area contributed by atoms with Gasteiger partial charge in [0.2, 0.25) is 0 Å². The first-order valence-electron chi connectivity index (χ1n) is 9.14. The Bertz CT molecular complexity index is 1150. The lowest BCUT2D eigenvalue weighted by molar-refractivity contribution is -0.124. The summed E-state index contributed by atoms with van der Waals surface area (Å²) in [4.78, 5) is 37.7. The molecule has 0 radical (unpaired) electrons. The zero-order chi connectivity index (χ0) is 21.1. The van der Waals surface area contributed by atoms with Crippen LogP contribution in [0.2, 0.25) is 0 Å². The van der Waals surface area contributed by atoms with Gasteiger partial charge in [0.05, 0.1) is 17.5 Å². The van der Waals surface area contributed by atoms with Crippen LogP contribution < -0.4 is 0 Å². The monoisotopic (exact) mass is 387 g/mol. The van der Waals surface area contributed by atoms with Gasteiger partial charge in [0.25, 0.3) is 5.91 Å². The summed E-state index contributed by atoms with van der Waals surface area (Å²) in [6, 6.07) is 9.22. The maximum absolute atomic E-state index is 12.4. The van der Waals surface area contributed by atoms with E-state index >= 15 is 0 Å². The topological polar surface area (TPSA) is 103 Å². The molecule has 0 spiro atoms. The van der Waals surface area contributed by atoms with Crippen LogP contribution in [0.3, 0.4) is 0 Å². The molecule has 0 bridgehead atoms. The Morgan fingerprint density at radius 3 is 2.48 bits per heavy atom. The van der Waals surface area contributed by atoms with Gasteiger partial charge < -0.3 is 9.88 Å². The summed E-state index contributed by atoms with van der Waals surface area (Å²) in [5, 5.41) is 9.21. The first-order valence-corrected chi connectivity index (χ1v) is 9.14. The summed E-state index contributed by atoms with van der Waals surface area (Å²) in [5.41, 5.74) is 3.89. The van der Waals surface area contributed by atoms with E-state index in [9.17, 15) is 14.9 Å². The van der Waals surface area contributed by atoms with Crippen LogP contribution in [-0.4, -0.2) is 45.6 Å². The molecule has 0 unspecified atom stereocenters. The number of fused-ring (bicyclic) bond motifs is 1. The SMILES string of the molecule is CC(C)C(=O)c1c[nH]c2ncc(-c3ccc(/C=C(\C#N)C(=O)N(C)C)cc3)nc12. The van der Waals surface area contributed by atoms with E-state index in [1.807, 2.05) is 32.0 Å². The quantitative estimate of drug-likeness (QED) is 0.410. The van der Waals surface area contributed by atoms with E-state index in [1.54, 1.807) is 44.7 Å². The summed E-state index contributed by atoms with van der Waals surface area (Å²) in [5.74, 6) is -0.467. The highest BCUT2D eigenvalue weighted by Gasteiger charge is 2.18. The molecule has 1 aromatic carbocycles. The number of ketones is 1. The average Bonchev–Trinajstić information content (AvgIpc) is 3.14. The van der Waals surface area contributed by atoms with Crippen molar-refractivity contribution in [2.45, 2.75) is 13.8 Å². The zero-order valence-corrected chi connectivity index (χ0v) is 16.7. The number of H-pyrrole nitrogens is 1.